The molecule has 9 rings (SSSR count). The van der Waals surface area contributed by atoms with Gasteiger partial charge in [0.05, 0.1) is 22.4 Å². The molecular formula is C43H27N5. The molecule has 0 aliphatic rings. The summed E-state index contributed by atoms with van der Waals surface area (Å²) in [6, 6.07) is 55.7. The summed E-state index contributed by atoms with van der Waals surface area (Å²) in [4.78, 5) is 25.0. The number of pyridine rings is 2. The molecule has 0 amide bonds. The maximum atomic E-state index is 5.25. The lowest BCUT2D eigenvalue weighted by atomic mass is 9.95. The van der Waals surface area contributed by atoms with Crippen LogP contribution in [0.4, 0.5) is 0 Å². The van der Waals surface area contributed by atoms with Gasteiger partial charge in [-0.2, -0.15) is 0 Å². The molecule has 0 saturated heterocycles. The van der Waals surface area contributed by atoms with Crippen LogP contribution in [-0.2, 0) is 0 Å². The molecule has 0 bridgehead atoms. The van der Waals surface area contributed by atoms with Gasteiger partial charge in [-0.05, 0) is 29.7 Å². The van der Waals surface area contributed by atoms with E-state index in [1.165, 1.54) is 0 Å². The third-order valence-corrected chi connectivity index (χ3v) is 8.72. The van der Waals surface area contributed by atoms with E-state index in [0.717, 1.165) is 71.8 Å². The summed E-state index contributed by atoms with van der Waals surface area (Å²) < 4.78 is 0. The van der Waals surface area contributed by atoms with Crippen LogP contribution < -0.4 is 0 Å². The van der Waals surface area contributed by atoms with Gasteiger partial charge in [0.15, 0.2) is 17.5 Å². The molecular weight excluding hydrogens is 587 g/mol. The number of para-hydroxylation sites is 1. The van der Waals surface area contributed by atoms with Crippen molar-refractivity contribution in [3.63, 3.8) is 0 Å². The van der Waals surface area contributed by atoms with Crippen LogP contribution in [0.5, 0.6) is 0 Å². The number of nitrogens with zero attached hydrogens (tertiary/aromatic N) is 5. The monoisotopic (exact) mass is 613 g/mol. The lowest BCUT2D eigenvalue weighted by Gasteiger charge is -2.14. The van der Waals surface area contributed by atoms with Crippen molar-refractivity contribution >= 4 is 32.6 Å². The predicted octanol–water partition coefficient (Wildman–Crippen LogP) is 10.5. The third-order valence-electron chi connectivity index (χ3n) is 8.72. The van der Waals surface area contributed by atoms with Gasteiger partial charge in [0.2, 0.25) is 0 Å². The summed E-state index contributed by atoms with van der Waals surface area (Å²) in [5.74, 6) is 1.90. The minimum absolute atomic E-state index is 0.619. The summed E-state index contributed by atoms with van der Waals surface area (Å²) in [5.41, 5.74) is 8.64. The second-order valence-electron chi connectivity index (χ2n) is 11.7. The van der Waals surface area contributed by atoms with Crippen LogP contribution in [0.2, 0.25) is 0 Å². The van der Waals surface area contributed by atoms with E-state index >= 15 is 0 Å². The summed E-state index contributed by atoms with van der Waals surface area (Å²) >= 11 is 0. The van der Waals surface area contributed by atoms with Gasteiger partial charge in [-0.1, -0.05) is 140 Å². The highest BCUT2D eigenvalue weighted by Gasteiger charge is 2.16. The van der Waals surface area contributed by atoms with Crippen molar-refractivity contribution in [2.45, 2.75) is 0 Å². The Hall–Kier alpha value is -6.59. The second kappa shape index (κ2) is 11.6. The van der Waals surface area contributed by atoms with Crippen LogP contribution in [0.15, 0.2) is 164 Å². The highest BCUT2D eigenvalue weighted by molar-refractivity contribution is 6.20. The Balaban J connectivity index is 1.20. The van der Waals surface area contributed by atoms with Crippen molar-refractivity contribution < 1.29 is 0 Å². The van der Waals surface area contributed by atoms with Crippen LogP contribution in [0.25, 0.3) is 89.3 Å². The summed E-state index contributed by atoms with van der Waals surface area (Å²) in [5, 5.41) is 4.43. The number of fused-ring (bicyclic) bond motifs is 5. The average Bonchev–Trinajstić information content (AvgIpc) is 3.18. The molecule has 0 atom stereocenters. The number of hydrogen-bond donors (Lipinski definition) is 0. The Kier molecular flexibility index (Phi) is 6.72. The molecule has 0 spiro atoms. The first-order valence-corrected chi connectivity index (χ1v) is 15.9. The normalized spacial score (nSPS) is 11.3. The minimum Gasteiger partial charge on any atom is -0.248 e. The molecule has 3 aromatic heterocycles. The topological polar surface area (TPSA) is 64.5 Å². The Morgan fingerprint density at radius 2 is 0.750 bits per heavy atom. The zero-order valence-corrected chi connectivity index (χ0v) is 25.8. The van der Waals surface area contributed by atoms with Crippen molar-refractivity contribution in [3.05, 3.63) is 164 Å². The van der Waals surface area contributed by atoms with E-state index < -0.39 is 0 Å². The molecule has 0 unspecified atom stereocenters. The van der Waals surface area contributed by atoms with Gasteiger partial charge < -0.3 is 0 Å². The second-order valence-corrected chi connectivity index (χ2v) is 11.7. The fraction of sp³-hybridized carbons (Fsp3) is 0. The van der Waals surface area contributed by atoms with Gasteiger partial charge >= 0.3 is 0 Å². The van der Waals surface area contributed by atoms with Crippen molar-refractivity contribution in [2.24, 2.45) is 0 Å². The molecule has 0 aliphatic carbocycles. The van der Waals surface area contributed by atoms with E-state index in [1.54, 1.807) is 0 Å². The number of rotatable bonds is 5. The Labute approximate surface area is 277 Å². The highest BCUT2D eigenvalue weighted by Crippen LogP contribution is 2.38. The van der Waals surface area contributed by atoms with E-state index in [-0.39, 0.29) is 0 Å². The largest absolute Gasteiger partial charge is 0.248 e. The number of hydrogen-bond acceptors (Lipinski definition) is 5. The standard InChI is InChI=1S/C43H27N5/c1-4-12-28(13-5-1)36-26-25-35-38(44-36)27-24-34-33-18-10-11-19-37(33)45-40(39(34)35)29-20-22-32(23-21-29)43-47-41(30-14-6-2-7-15-30)46-42(48-43)31-16-8-3-9-17-31/h1-27H. The maximum absolute atomic E-state index is 5.25. The predicted molar refractivity (Wildman–Crippen MR) is 195 cm³/mol. The summed E-state index contributed by atoms with van der Waals surface area (Å²) in [7, 11) is 0. The average molecular weight is 614 g/mol. The molecule has 0 fully saturated rings. The molecule has 224 valence electrons. The zero-order valence-electron chi connectivity index (χ0n) is 25.8. The highest BCUT2D eigenvalue weighted by atomic mass is 15.0. The first-order chi connectivity index (χ1) is 23.8. The van der Waals surface area contributed by atoms with Gasteiger partial charge in [-0.3, -0.25) is 0 Å². The first-order valence-electron chi connectivity index (χ1n) is 15.9. The van der Waals surface area contributed by atoms with Crippen molar-refractivity contribution in [1.82, 2.24) is 24.9 Å². The Morgan fingerprint density at radius 3 is 1.38 bits per heavy atom. The lowest BCUT2D eigenvalue weighted by molar-refractivity contribution is 1.07. The zero-order chi connectivity index (χ0) is 31.9. The minimum atomic E-state index is 0.619. The van der Waals surface area contributed by atoms with Crippen LogP contribution in [0.1, 0.15) is 0 Å². The third kappa shape index (κ3) is 4.95. The summed E-state index contributed by atoms with van der Waals surface area (Å²) in [6.07, 6.45) is 0. The van der Waals surface area contributed by atoms with Gasteiger partial charge in [0.25, 0.3) is 0 Å². The Bertz CT molecular complexity index is 2530. The summed E-state index contributed by atoms with van der Waals surface area (Å²) in [6.45, 7) is 0. The van der Waals surface area contributed by atoms with E-state index in [2.05, 4.69) is 78.9 Å². The van der Waals surface area contributed by atoms with Crippen LogP contribution >= 0.6 is 0 Å². The molecule has 0 aliphatic heterocycles. The van der Waals surface area contributed by atoms with Crippen LogP contribution in [-0.4, -0.2) is 24.9 Å². The quantitative estimate of drug-likeness (QED) is 0.181. The lowest BCUT2D eigenvalue weighted by Crippen LogP contribution is -2.00. The molecule has 0 radical (unpaired) electrons. The van der Waals surface area contributed by atoms with Gasteiger partial charge in [-0.25, -0.2) is 24.9 Å². The van der Waals surface area contributed by atoms with Gasteiger partial charge in [0, 0.05) is 44.0 Å². The molecule has 6 aromatic carbocycles. The fourth-order valence-corrected chi connectivity index (χ4v) is 6.35. The van der Waals surface area contributed by atoms with Crippen molar-refractivity contribution in [3.8, 4) is 56.7 Å². The molecule has 5 nitrogen and oxygen atoms in total. The van der Waals surface area contributed by atoms with Gasteiger partial charge in [-0.15, -0.1) is 0 Å². The number of benzene rings is 6. The fourth-order valence-electron chi connectivity index (χ4n) is 6.35. The number of aromatic nitrogens is 5. The smallest absolute Gasteiger partial charge is 0.164 e. The van der Waals surface area contributed by atoms with E-state index in [4.69, 9.17) is 24.9 Å². The molecule has 9 aromatic rings. The van der Waals surface area contributed by atoms with E-state index in [1.807, 2.05) is 84.9 Å². The molecule has 5 heteroatoms. The van der Waals surface area contributed by atoms with Crippen LogP contribution in [0.3, 0.4) is 0 Å². The van der Waals surface area contributed by atoms with Crippen molar-refractivity contribution in [2.75, 3.05) is 0 Å². The maximum Gasteiger partial charge on any atom is 0.164 e. The molecule has 48 heavy (non-hydrogen) atoms. The Morgan fingerprint density at radius 1 is 0.271 bits per heavy atom. The van der Waals surface area contributed by atoms with Gasteiger partial charge in [0.1, 0.15) is 0 Å². The molecule has 0 N–H and O–H groups in total. The van der Waals surface area contributed by atoms with E-state index in [9.17, 15) is 0 Å². The van der Waals surface area contributed by atoms with Crippen molar-refractivity contribution in [1.29, 1.82) is 0 Å². The van der Waals surface area contributed by atoms with Crippen LogP contribution in [0, 0.1) is 0 Å². The first kappa shape index (κ1) is 27.7. The van der Waals surface area contributed by atoms with E-state index in [0.29, 0.717) is 17.5 Å². The molecule has 3 heterocycles. The molecule has 0 saturated carbocycles. The SMILES string of the molecule is c1ccc(-c2ccc3c(ccc4c5ccccc5nc(-c5ccc(-c6nc(-c7ccccc7)nc(-c7ccccc7)n6)cc5)c34)n2)cc1.